The fraction of sp³-hybridized carbons (Fsp3) is 0.727. The first-order valence-electron chi connectivity index (χ1n) is 5.37. The maximum atomic E-state index is 5.43. The van der Waals surface area contributed by atoms with Crippen LogP contribution in [0.3, 0.4) is 0 Å². The minimum Gasteiger partial charge on any atom is -0.428 e. The van der Waals surface area contributed by atoms with Crippen LogP contribution in [0.5, 0.6) is 0 Å². The molecule has 4 heteroatoms. The molecular formula is C11H19N2O2. The number of aromatic nitrogens is 2. The third-order valence-corrected chi connectivity index (χ3v) is 2.13. The number of hydrogen-bond acceptors (Lipinski definition) is 4. The Kier molecular flexibility index (Phi) is 5.32. The zero-order valence-corrected chi connectivity index (χ0v) is 9.48. The number of nitrogens with zero attached hydrogens (tertiary/aromatic N) is 2. The average molecular weight is 211 g/mol. The van der Waals surface area contributed by atoms with E-state index >= 15 is 0 Å². The Morgan fingerprint density at radius 3 is 2.93 bits per heavy atom. The van der Waals surface area contributed by atoms with Crippen molar-refractivity contribution >= 4 is 0 Å². The molecule has 2 unspecified atom stereocenters. The van der Waals surface area contributed by atoms with Gasteiger partial charge in [-0.2, -0.15) is 0 Å². The van der Waals surface area contributed by atoms with E-state index in [9.17, 15) is 0 Å². The molecule has 85 valence electrons. The molecule has 0 bridgehead atoms. The zero-order valence-electron chi connectivity index (χ0n) is 9.48. The molecule has 0 aliphatic heterocycles. The minimum atomic E-state index is 0.313. The molecule has 2 atom stereocenters. The van der Waals surface area contributed by atoms with E-state index in [1.165, 1.54) is 6.39 Å². The fourth-order valence-electron chi connectivity index (χ4n) is 1.30. The van der Waals surface area contributed by atoms with Crippen LogP contribution in [-0.4, -0.2) is 23.4 Å². The van der Waals surface area contributed by atoms with Crippen molar-refractivity contribution in [3.8, 4) is 0 Å². The highest BCUT2D eigenvalue weighted by atomic mass is 16.5. The van der Waals surface area contributed by atoms with E-state index in [-0.39, 0.29) is 0 Å². The zero-order chi connectivity index (χ0) is 11.1. The van der Waals surface area contributed by atoms with Crippen LogP contribution in [-0.2, 0) is 4.74 Å². The highest BCUT2D eigenvalue weighted by molar-refractivity contribution is 4.84. The first-order chi connectivity index (χ1) is 7.20. The second-order valence-electron chi connectivity index (χ2n) is 4.00. The van der Waals surface area contributed by atoms with E-state index in [1.54, 1.807) is 0 Å². The molecule has 15 heavy (non-hydrogen) atoms. The number of ether oxygens (including phenoxy) is 1. The molecule has 1 radical (unpaired) electrons. The number of hydrogen-bond donors (Lipinski definition) is 0. The topological polar surface area (TPSA) is 48.2 Å². The first-order valence-corrected chi connectivity index (χ1v) is 5.37. The van der Waals surface area contributed by atoms with Gasteiger partial charge in [-0.05, 0) is 25.7 Å². The first kappa shape index (κ1) is 12.2. The quantitative estimate of drug-likeness (QED) is 0.650. The van der Waals surface area contributed by atoms with Crippen LogP contribution >= 0.6 is 0 Å². The van der Waals surface area contributed by atoms with Crippen molar-refractivity contribution in [2.75, 3.05) is 13.2 Å². The van der Waals surface area contributed by atoms with Crippen molar-refractivity contribution in [1.82, 2.24) is 10.2 Å². The van der Waals surface area contributed by atoms with Crippen molar-refractivity contribution in [2.24, 2.45) is 5.92 Å². The Labute approximate surface area is 91.0 Å². The molecule has 0 aromatic carbocycles. The van der Waals surface area contributed by atoms with Crippen molar-refractivity contribution in [3.05, 3.63) is 19.2 Å². The molecule has 0 spiro atoms. The molecule has 4 nitrogen and oxygen atoms in total. The van der Waals surface area contributed by atoms with Crippen molar-refractivity contribution in [2.45, 2.75) is 32.6 Å². The monoisotopic (exact) mass is 211 g/mol. The standard InChI is InChI=1S/C11H19N2O2/c1-9(2)7-14-6-4-5-10(3)11-13-12-8-15-11/h8-10H,1,4-7H2,2-3H3. The van der Waals surface area contributed by atoms with E-state index in [1.807, 2.05) is 6.92 Å². The van der Waals surface area contributed by atoms with Gasteiger partial charge in [0.1, 0.15) is 0 Å². The Balaban J connectivity index is 2.05. The molecule has 0 fully saturated rings. The van der Waals surface area contributed by atoms with Crippen LogP contribution in [0.4, 0.5) is 0 Å². The molecule has 0 saturated carbocycles. The lowest BCUT2D eigenvalue weighted by atomic mass is 10.1. The molecule has 1 aromatic rings. The highest BCUT2D eigenvalue weighted by Crippen LogP contribution is 2.17. The normalized spacial score (nSPS) is 13.3. The van der Waals surface area contributed by atoms with Crippen molar-refractivity contribution in [3.63, 3.8) is 0 Å². The summed E-state index contributed by atoms with van der Waals surface area (Å²) in [5.74, 6) is 1.38. The lowest BCUT2D eigenvalue weighted by Crippen LogP contribution is -2.04. The van der Waals surface area contributed by atoms with E-state index in [0.29, 0.717) is 17.7 Å². The smallest absolute Gasteiger partial charge is 0.219 e. The third-order valence-electron chi connectivity index (χ3n) is 2.13. The SMILES string of the molecule is [CH2]C(C)COCCCC(C)c1nnco1. The summed E-state index contributed by atoms with van der Waals surface area (Å²) in [6, 6.07) is 0. The Morgan fingerprint density at radius 1 is 1.53 bits per heavy atom. The Hall–Kier alpha value is -0.900. The van der Waals surface area contributed by atoms with Gasteiger partial charge in [-0.25, -0.2) is 0 Å². The van der Waals surface area contributed by atoms with Gasteiger partial charge in [0.15, 0.2) is 0 Å². The lowest BCUT2D eigenvalue weighted by Gasteiger charge is -2.08. The van der Waals surface area contributed by atoms with Gasteiger partial charge in [0, 0.05) is 19.1 Å². The van der Waals surface area contributed by atoms with Gasteiger partial charge in [0.25, 0.3) is 0 Å². The predicted molar refractivity (Wildman–Crippen MR) is 57.3 cm³/mol. The average Bonchev–Trinajstić information content (AvgIpc) is 2.69. The summed E-state index contributed by atoms with van der Waals surface area (Å²) in [7, 11) is 0. The fourth-order valence-corrected chi connectivity index (χ4v) is 1.30. The highest BCUT2D eigenvalue weighted by Gasteiger charge is 2.10. The van der Waals surface area contributed by atoms with Gasteiger partial charge in [0.05, 0.1) is 0 Å². The van der Waals surface area contributed by atoms with Crippen molar-refractivity contribution in [1.29, 1.82) is 0 Å². The van der Waals surface area contributed by atoms with Gasteiger partial charge in [0.2, 0.25) is 12.3 Å². The van der Waals surface area contributed by atoms with Crippen LogP contribution in [0, 0.1) is 12.8 Å². The Bertz CT molecular complexity index is 247. The third kappa shape index (κ3) is 4.93. The summed E-state index contributed by atoms with van der Waals surface area (Å²) in [5, 5.41) is 7.53. The molecule has 1 rings (SSSR count). The van der Waals surface area contributed by atoms with E-state index in [4.69, 9.17) is 9.15 Å². The summed E-state index contributed by atoms with van der Waals surface area (Å²) in [6.07, 6.45) is 3.39. The minimum absolute atomic E-state index is 0.313. The van der Waals surface area contributed by atoms with Gasteiger partial charge in [-0.1, -0.05) is 13.8 Å². The molecule has 0 N–H and O–H groups in total. The second kappa shape index (κ2) is 6.56. The largest absolute Gasteiger partial charge is 0.428 e. The second-order valence-corrected chi connectivity index (χ2v) is 4.00. The maximum Gasteiger partial charge on any atom is 0.219 e. The van der Waals surface area contributed by atoms with E-state index < -0.39 is 0 Å². The lowest BCUT2D eigenvalue weighted by molar-refractivity contribution is 0.111. The Morgan fingerprint density at radius 2 is 2.33 bits per heavy atom. The molecule has 0 saturated heterocycles. The molecule has 0 aliphatic carbocycles. The molecule has 1 aromatic heterocycles. The van der Waals surface area contributed by atoms with Crippen molar-refractivity contribution < 1.29 is 9.15 Å². The summed E-state index contributed by atoms with van der Waals surface area (Å²) >= 11 is 0. The molecule has 0 amide bonds. The van der Waals surface area contributed by atoms with Crippen LogP contribution in [0.2, 0.25) is 0 Å². The van der Waals surface area contributed by atoms with Gasteiger partial charge >= 0.3 is 0 Å². The van der Waals surface area contributed by atoms with Gasteiger partial charge in [-0.15, -0.1) is 10.2 Å². The van der Waals surface area contributed by atoms with E-state index in [2.05, 4.69) is 24.0 Å². The summed E-state index contributed by atoms with van der Waals surface area (Å²) in [4.78, 5) is 0. The predicted octanol–water partition coefficient (Wildman–Crippen LogP) is 2.44. The maximum absolute atomic E-state index is 5.43. The van der Waals surface area contributed by atoms with Gasteiger partial charge in [-0.3, -0.25) is 0 Å². The van der Waals surface area contributed by atoms with Gasteiger partial charge < -0.3 is 9.15 Å². The number of rotatable bonds is 7. The summed E-state index contributed by atoms with van der Waals surface area (Å²) < 4.78 is 10.6. The summed E-state index contributed by atoms with van der Waals surface area (Å²) in [5.41, 5.74) is 0. The van der Waals surface area contributed by atoms with Crippen LogP contribution < -0.4 is 0 Å². The summed E-state index contributed by atoms with van der Waals surface area (Å²) in [6.45, 7) is 9.48. The van der Waals surface area contributed by atoms with Crippen LogP contribution in [0.1, 0.15) is 38.5 Å². The van der Waals surface area contributed by atoms with E-state index in [0.717, 1.165) is 26.1 Å². The van der Waals surface area contributed by atoms with Crippen LogP contribution in [0.25, 0.3) is 0 Å². The molecule has 0 aliphatic rings. The van der Waals surface area contributed by atoms with Crippen LogP contribution in [0.15, 0.2) is 10.8 Å². The molecular weight excluding hydrogens is 192 g/mol. The molecule has 1 heterocycles.